The second-order valence-electron chi connectivity index (χ2n) is 6.30. The zero-order valence-electron chi connectivity index (χ0n) is 15.9. The summed E-state index contributed by atoms with van der Waals surface area (Å²) in [6, 6.07) is 15.4. The highest BCUT2D eigenvalue weighted by atomic mass is 32.1. The predicted octanol–water partition coefficient (Wildman–Crippen LogP) is 3.44. The molecule has 0 radical (unpaired) electrons. The topological polar surface area (TPSA) is 68.7 Å². The average molecular weight is 398 g/mol. The first-order chi connectivity index (χ1) is 13.6. The maximum absolute atomic E-state index is 12.2. The molecule has 0 unspecified atom stereocenters. The molecule has 0 fully saturated rings. The predicted molar refractivity (Wildman–Crippen MR) is 108 cm³/mol. The van der Waals surface area contributed by atoms with Crippen LogP contribution in [0.4, 0.5) is 0 Å². The number of fused-ring (bicyclic) bond motifs is 1. The van der Waals surface area contributed by atoms with E-state index in [2.05, 4.69) is 4.98 Å². The zero-order valence-corrected chi connectivity index (χ0v) is 16.7. The van der Waals surface area contributed by atoms with Crippen molar-refractivity contribution < 1.29 is 19.1 Å². The second kappa shape index (κ2) is 9.32. The number of carbonyl (C=O) groups is 2. The van der Waals surface area contributed by atoms with E-state index in [1.807, 2.05) is 48.5 Å². The molecule has 1 heterocycles. The molecule has 0 aliphatic heterocycles. The van der Waals surface area contributed by atoms with Gasteiger partial charge < -0.3 is 14.4 Å². The van der Waals surface area contributed by atoms with Crippen molar-refractivity contribution in [2.24, 2.45) is 0 Å². The Morgan fingerprint density at radius 1 is 1.11 bits per heavy atom. The highest BCUT2D eigenvalue weighted by molar-refractivity contribution is 7.18. The van der Waals surface area contributed by atoms with Gasteiger partial charge in [-0.1, -0.05) is 30.3 Å². The number of rotatable bonds is 8. The van der Waals surface area contributed by atoms with Gasteiger partial charge in [0.2, 0.25) is 0 Å². The average Bonchev–Trinajstić information content (AvgIpc) is 3.13. The summed E-state index contributed by atoms with van der Waals surface area (Å²) in [5, 5.41) is 0.887. The van der Waals surface area contributed by atoms with Crippen molar-refractivity contribution >= 4 is 33.4 Å². The van der Waals surface area contributed by atoms with E-state index in [9.17, 15) is 9.59 Å². The minimum atomic E-state index is -0.404. The molecule has 0 saturated carbocycles. The van der Waals surface area contributed by atoms with E-state index in [1.54, 1.807) is 25.5 Å². The normalized spacial score (nSPS) is 10.6. The van der Waals surface area contributed by atoms with Crippen molar-refractivity contribution in [2.75, 3.05) is 20.8 Å². The Labute approximate surface area is 167 Å². The molecule has 7 heteroatoms. The standard InChI is InChI=1S/C21H22N2O4S/c1-23(13-15-7-3-5-9-17(15)26-2)20(24)14-27-21(25)12-11-19-22-16-8-4-6-10-18(16)28-19/h3-10H,11-14H2,1-2H3. The lowest BCUT2D eigenvalue weighted by Crippen LogP contribution is -2.31. The summed E-state index contributed by atoms with van der Waals surface area (Å²) in [6.07, 6.45) is 0.701. The highest BCUT2D eigenvalue weighted by Crippen LogP contribution is 2.22. The molecular formula is C21H22N2O4S. The molecule has 0 N–H and O–H groups in total. The van der Waals surface area contributed by atoms with E-state index in [4.69, 9.17) is 9.47 Å². The van der Waals surface area contributed by atoms with Gasteiger partial charge in [0, 0.05) is 25.6 Å². The number of aryl methyl sites for hydroxylation is 1. The first-order valence-electron chi connectivity index (χ1n) is 8.92. The SMILES string of the molecule is COc1ccccc1CN(C)C(=O)COC(=O)CCc1nc2ccccc2s1. The number of esters is 1. The summed E-state index contributed by atoms with van der Waals surface area (Å²) < 4.78 is 11.5. The van der Waals surface area contributed by atoms with Crippen LogP contribution < -0.4 is 4.74 Å². The highest BCUT2D eigenvalue weighted by Gasteiger charge is 2.15. The summed E-state index contributed by atoms with van der Waals surface area (Å²) in [5.74, 6) is 0.0486. The smallest absolute Gasteiger partial charge is 0.306 e. The summed E-state index contributed by atoms with van der Waals surface area (Å²) in [7, 11) is 3.26. The van der Waals surface area contributed by atoms with Crippen molar-refractivity contribution in [1.82, 2.24) is 9.88 Å². The molecule has 146 valence electrons. The van der Waals surface area contributed by atoms with Crippen molar-refractivity contribution in [1.29, 1.82) is 0 Å². The third kappa shape index (κ3) is 5.07. The number of thiazole rings is 1. The zero-order chi connectivity index (χ0) is 19.9. The molecule has 0 bridgehead atoms. The molecule has 28 heavy (non-hydrogen) atoms. The lowest BCUT2D eigenvalue weighted by Gasteiger charge is -2.18. The minimum Gasteiger partial charge on any atom is -0.496 e. The van der Waals surface area contributed by atoms with E-state index in [-0.39, 0.29) is 18.9 Å². The Kier molecular flexibility index (Phi) is 6.60. The van der Waals surface area contributed by atoms with Crippen LogP contribution in [0.25, 0.3) is 10.2 Å². The number of para-hydroxylation sites is 2. The number of ether oxygens (including phenoxy) is 2. The lowest BCUT2D eigenvalue weighted by atomic mass is 10.2. The number of carbonyl (C=O) groups excluding carboxylic acids is 2. The Hall–Kier alpha value is -2.93. The molecule has 2 aromatic carbocycles. The number of likely N-dealkylation sites (N-methyl/N-ethyl adjacent to an activating group) is 1. The number of aromatic nitrogens is 1. The van der Waals surface area contributed by atoms with Crippen LogP contribution in [0, 0.1) is 0 Å². The quantitative estimate of drug-likeness (QED) is 0.544. The van der Waals surface area contributed by atoms with E-state index < -0.39 is 5.97 Å². The largest absolute Gasteiger partial charge is 0.496 e. The molecule has 3 rings (SSSR count). The first kappa shape index (κ1) is 19.8. The Bertz CT molecular complexity index is 937. The number of hydrogen-bond acceptors (Lipinski definition) is 6. The monoisotopic (exact) mass is 398 g/mol. The van der Waals surface area contributed by atoms with Gasteiger partial charge in [0.15, 0.2) is 6.61 Å². The third-order valence-corrected chi connectivity index (χ3v) is 5.36. The van der Waals surface area contributed by atoms with Gasteiger partial charge in [-0.25, -0.2) is 4.98 Å². The van der Waals surface area contributed by atoms with Crippen LogP contribution in [0.3, 0.4) is 0 Å². The van der Waals surface area contributed by atoms with Crippen molar-refractivity contribution in [3.63, 3.8) is 0 Å². The number of methoxy groups -OCH3 is 1. The molecule has 3 aromatic rings. The van der Waals surface area contributed by atoms with Gasteiger partial charge >= 0.3 is 5.97 Å². The van der Waals surface area contributed by atoms with Crippen molar-refractivity contribution in [3.05, 3.63) is 59.1 Å². The Morgan fingerprint density at radius 3 is 2.64 bits per heavy atom. The summed E-state index contributed by atoms with van der Waals surface area (Å²) >= 11 is 1.57. The van der Waals surface area contributed by atoms with Gasteiger partial charge in [0.05, 0.1) is 28.8 Å². The van der Waals surface area contributed by atoms with Crippen LogP contribution >= 0.6 is 11.3 Å². The van der Waals surface area contributed by atoms with Crippen molar-refractivity contribution in [3.8, 4) is 5.75 Å². The van der Waals surface area contributed by atoms with Crippen LogP contribution in [0.15, 0.2) is 48.5 Å². The molecule has 0 spiro atoms. The number of hydrogen-bond donors (Lipinski definition) is 0. The summed E-state index contributed by atoms with van der Waals surface area (Å²) in [4.78, 5) is 30.2. The van der Waals surface area contributed by atoms with Gasteiger partial charge in [-0.15, -0.1) is 11.3 Å². The lowest BCUT2D eigenvalue weighted by molar-refractivity contribution is -0.151. The first-order valence-corrected chi connectivity index (χ1v) is 9.74. The second-order valence-corrected chi connectivity index (χ2v) is 7.41. The molecule has 0 atom stereocenters. The molecule has 0 saturated heterocycles. The molecular weight excluding hydrogens is 376 g/mol. The van der Waals surface area contributed by atoms with Crippen LogP contribution in [0.5, 0.6) is 5.75 Å². The van der Waals surface area contributed by atoms with Crippen LogP contribution in [0.1, 0.15) is 17.0 Å². The molecule has 1 aromatic heterocycles. The fourth-order valence-corrected chi connectivity index (χ4v) is 3.70. The van der Waals surface area contributed by atoms with E-state index in [1.165, 1.54) is 4.90 Å². The maximum atomic E-state index is 12.2. The van der Waals surface area contributed by atoms with E-state index in [0.717, 1.165) is 26.5 Å². The molecule has 0 aliphatic rings. The molecule has 1 amide bonds. The third-order valence-electron chi connectivity index (χ3n) is 4.26. The Balaban J connectivity index is 1.45. The van der Waals surface area contributed by atoms with Gasteiger partial charge in [-0.3, -0.25) is 9.59 Å². The van der Waals surface area contributed by atoms with Gasteiger partial charge in [0.1, 0.15) is 5.75 Å². The number of amides is 1. The summed E-state index contributed by atoms with van der Waals surface area (Å²) in [5.41, 5.74) is 1.83. The van der Waals surface area contributed by atoms with Crippen LogP contribution in [-0.4, -0.2) is 42.5 Å². The number of nitrogens with zero attached hydrogens (tertiary/aromatic N) is 2. The fourth-order valence-electron chi connectivity index (χ4n) is 2.74. The van der Waals surface area contributed by atoms with Gasteiger partial charge in [-0.05, 0) is 18.2 Å². The Morgan fingerprint density at radius 2 is 1.86 bits per heavy atom. The minimum absolute atomic E-state index is 0.198. The van der Waals surface area contributed by atoms with E-state index >= 15 is 0 Å². The fraction of sp³-hybridized carbons (Fsp3) is 0.286. The van der Waals surface area contributed by atoms with Crippen molar-refractivity contribution in [2.45, 2.75) is 19.4 Å². The van der Waals surface area contributed by atoms with Crippen LogP contribution in [0.2, 0.25) is 0 Å². The number of benzene rings is 2. The maximum Gasteiger partial charge on any atom is 0.306 e. The van der Waals surface area contributed by atoms with E-state index in [0.29, 0.717) is 13.0 Å². The van der Waals surface area contributed by atoms with Gasteiger partial charge in [-0.2, -0.15) is 0 Å². The van der Waals surface area contributed by atoms with Crippen LogP contribution in [-0.2, 0) is 27.3 Å². The summed E-state index contributed by atoms with van der Waals surface area (Å²) in [6.45, 7) is 0.108. The van der Waals surface area contributed by atoms with Gasteiger partial charge in [0.25, 0.3) is 5.91 Å². The molecule has 0 aliphatic carbocycles. The molecule has 6 nitrogen and oxygen atoms in total.